The zero-order chi connectivity index (χ0) is 10.4. The Morgan fingerprint density at radius 1 is 1.57 bits per heavy atom. The standard InChI is InChI=1S/C10H17N3O/c1-4-14-8(2)7-12-10-5-6-11-9(3)13-10/h5-6,8H,4,7H2,1-3H3,(H,11,12,13). The minimum atomic E-state index is 0.204. The lowest BCUT2D eigenvalue weighted by molar-refractivity contribution is 0.0855. The lowest BCUT2D eigenvalue weighted by Gasteiger charge is -2.12. The van der Waals surface area contributed by atoms with Gasteiger partial charge >= 0.3 is 0 Å². The third-order valence-corrected chi connectivity index (χ3v) is 1.80. The quantitative estimate of drug-likeness (QED) is 0.775. The summed E-state index contributed by atoms with van der Waals surface area (Å²) < 4.78 is 5.39. The van der Waals surface area contributed by atoms with Gasteiger partial charge in [-0.2, -0.15) is 0 Å². The molecule has 1 atom stereocenters. The van der Waals surface area contributed by atoms with Crippen molar-refractivity contribution in [2.75, 3.05) is 18.5 Å². The summed E-state index contributed by atoms with van der Waals surface area (Å²) in [7, 11) is 0. The van der Waals surface area contributed by atoms with Crippen LogP contribution < -0.4 is 5.32 Å². The smallest absolute Gasteiger partial charge is 0.129 e. The zero-order valence-electron chi connectivity index (χ0n) is 8.95. The van der Waals surface area contributed by atoms with E-state index in [-0.39, 0.29) is 6.10 Å². The molecule has 0 bridgehead atoms. The van der Waals surface area contributed by atoms with E-state index < -0.39 is 0 Å². The van der Waals surface area contributed by atoms with Crippen molar-refractivity contribution < 1.29 is 4.74 Å². The molecule has 0 saturated heterocycles. The highest BCUT2D eigenvalue weighted by Gasteiger charge is 2.00. The van der Waals surface area contributed by atoms with Crippen molar-refractivity contribution in [1.29, 1.82) is 0 Å². The minimum Gasteiger partial charge on any atom is -0.377 e. The van der Waals surface area contributed by atoms with Crippen molar-refractivity contribution in [3.05, 3.63) is 18.1 Å². The molecule has 1 aromatic rings. The van der Waals surface area contributed by atoms with Gasteiger partial charge in [0.15, 0.2) is 0 Å². The van der Waals surface area contributed by atoms with E-state index in [1.54, 1.807) is 6.20 Å². The molecule has 0 spiro atoms. The fourth-order valence-electron chi connectivity index (χ4n) is 1.15. The van der Waals surface area contributed by atoms with Gasteiger partial charge in [-0.25, -0.2) is 9.97 Å². The van der Waals surface area contributed by atoms with Crippen molar-refractivity contribution >= 4 is 5.82 Å². The number of rotatable bonds is 5. The van der Waals surface area contributed by atoms with Gasteiger partial charge in [-0.15, -0.1) is 0 Å². The Morgan fingerprint density at radius 3 is 3.00 bits per heavy atom. The number of aryl methyl sites for hydroxylation is 1. The highest BCUT2D eigenvalue weighted by molar-refractivity contribution is 5.32. The van der Waals surface area contributed by atoms with Gasteiger partial charge in [-0.1, -0.05) is 0 Å². The van der Waals surface area contributed by atoms with Gasteiger partial charge in [-0.3, -0.25) is 0 Å². The lowest BCUT2D eigenvalue weighted by atomic mass is 10.4. The number of nitrogens with zero attached hydrogens (tertiary/aromatic N) is 2. The molecule has 0 aliphatic heterocycles. The Kier molecular flexibility index (Phi) is 4.32. The summed E-state index contributed by atoms with van der Waals surface area (Å²) in [6.07, 6.45) is 1.95. The van der Waals surface area contributed by atoms with Gasteiger partial charge < -0.3 is 10.1 Å². The van der Waals surface area contributed by atoms with E-state index in [1.807, 2.05) is 26.8 Å². The van der Waals surface area contributed by atoms with Crippen LogP contribution in [0, 0.1) is 6.92 Å². The Bertz CT molecular complexity index is 278. The highest BCUT2D eigenvalue weighted by atomic mass is 16.5. The van der Waals surface area contributed by atoms with E-state index in [4.69, 9.17) is 4.74 Å². The zero-order valence-corrected chi connectivity index (χ0v) is 8.95. The molecule has 1 N–H and O–H groups in total. The Balaban J connectivity index is 2.37. The highest BCUT2D eigenvalue weighted by Crippen LogP contribution is 2.01. The average Bonchev–Trinajstić information content (AvgIpc) is 2.15. The second-order valence-corrected chi connectivity index (χ2v) is 3.14. The number of nitrogens with one attached hydrogen (secondary N) is 1. The third-order valence-electron chi connectivity index (χ3n) is 1.80. The summed E-state index contributed by atoms with van der Waals surface area (Å²) in [6, 6.07) is 1.85. The second kappa shape index (κ2) is 5.54. The van der Waals surface area contributed by atoms with Crippen LogP contribution in [0.25, 0.3) is 0 Å². The van der Waals surface area contributed by atoms with Crippen LogP contribution in [0.5, 0.6) is 0 Å². The van der Waals surface area contributed by atoms with Crippen LogP contribution in [0.2, 0.25) is 0 Å². The fraction of sp³-hybridized carbons (Fsp3) is 0.600. The topological polar surface area (TPSA) is 47.0 Å². The van der Waals surface area contributed by atoms with E-state index in [2.05, 4.69) is 15.3 Å². The number of hydrogen-bond acceptors (Lipinski definition) is 4. The van der Waals surface area contributed by atoms with E-state index >= 15 is 0 Å². The molecule has 4 nitrogen and oxygen atoms in total. The number of anilines is 1. The van der Waals surface area contributed by atoms with Crippen molar-refractivity contribution in [2.45, 2.75) is 26.9 Å². The normalized spacial score (nSPS) is 12.5. The van der Waals surface area contributed by atoms with Gasteiger partial charge in [0.1, 0.15) is 11.6 Å². The number of ether oxygens (including phenoxy) is 1. The predicted molar refractivity (Wildman–Crippen MR) is 56.3 cm³/mol. The summed E-state index contributed by atoms with van der Waals surface area (Å²) in [5.74, 6) is 1.63. The van der Waals surface area contributed by atoms with Crippen LogP contribution in [0.15, 0.2) is 12.3 Å². The van der Waals surface area contributed by atoms with E-state index in [0.717, 1.165) is 24.8 Å². The molecule has 0 amide bonds. The predicted octanol–water partition coefficient (Wildman–Crippen LogP) is 1.62. The maximum atomic E-state index is 5.39. The second-order valence-electron chi connectivity index (χ2n) is 3.14. The molecule has 1 unspecified atom stereocenters. The first kappa shape index (κ1) is 10.9. The first-order valence-electron chi connectivity index (χ1n) is 4.87. The molecule has 0 saturated carbocycles. The van der Waals surface area contributed by atoms with Crippen LogP contribution in [-0.2, 0) is 4.74 Å². The van der Waals surface area contributed by atoms with E-state index in [0.29, 0.717) is 0 Å². The molecule has 0 radical (unpaired) electrons. The summed E-state index contributed by atoms with van der Waals surface area (Å²) in [4.78, 5) is 8.25. The fourth-order valence-corrected chi connectivity index (χ4v) is 1.15. The minimum absolute atomic E-state index is 0.204. The molecule has 0 aliphatic carbocycles. The molecule has 4 heteroatoms. The molecular formula is C10H17N3O. The van der Waals surface area contributed by atoms with Crippen LogP contribution in [0.4, 0.5) is 5.82 Å². The maximum Gasteiger partial charge on any atom is 0.129 e. The molecule has 14 heavy (non-hydrogen) atoms. The molecule has 0 aliphatic rings. The van der Waals surface area contributed by atoms with Gasteiger partial charge in [-0.05, 0) is 26.8 Å². The van der Waals surface area contributed by atoms with Crippen molar-refractivity contribution in [1.82, 2.24) is 9.97 Å². The summed E-state index contributed by atoms with van der Waals surface area (Å²) in [6.45, 7) is 7.41. The first-order chi connectivity index (χ1) is 6.72. The SMILES string of the molecule is CCOC(C)CNc1ccnc(C)n1. The summed E-state index contributed by atoms with van der Waals surface area (Å²) >= 11 is 0. The monoisotopic (exact) mass is 195 g/mol. The molecule has 0 fully saturated rings. The van der Waals surface area contributed by atoms with Gasteiger partial charge in [0.25, 0.3) is 0 Å². The first-order valence-corrected chi connectivity index (χ1v) is 4.87. The van der Waals surface area contributed by atoms with Crippen molar-refractivity contribution in [3.63, 3.8) is 0 Å². The molecule has 0 aromatic carbocycles. The molecule has 78 valence electrons. The summed E-state index contributed by atoms with van der Waals surface area (Å²) in [5.41, 5.74) is 0. The number of aromatic nitrogens is 2. The van der Waals surface area contributed by atoms with Gasteiger partial charge in [0.05, 0.1) is 6.10 Å². The van der Waals surface area contributed by atoms with Gasteiger partial charge in [0.2, 0.25) is 0 Å². The molecule has 1 aromatic heterocycles. The number of hydrogen-bond donors (Lipinski definition) is 1. The van der Waals surface area contributed by atoms with Gasteiger partial charge in [0, 0.05) is 19.3 Å². The maximum absolute atomic E-state index is 5.39. The Morgan fingerprint density at radius 2 is 2.36 bits per heavy atom. The molecular weight excluding hydrogens is 178 g/mol. The Hall–Kier alpha value is -1.16. The van der Waals surface area contributed by atoms with Crippen LogP contribution in [0.1, 0.15) is 19.7 Å². The van der Waals surface area contributed by atoms with Crippen molar-refractivity contribution in [3.8, 4) is 0 Å². The molecule has 1 rings (SSSR count). The lowest BCUT2D eigenvalue weighted by Crippen LogP contribution is -2.20. The Labute approximate surface area is 84.7 Å². The largest absolute Gasteiger partial charge is 0.377 e. The summed E-state index contributed by atoms with van der Waals surface area (Å²) in [5, 5.41) is 3.19. The third kappa shape index (κ3) is 3.70. The van der Waals surface area contributed by atoms with Crippen LogP contribution in [-0.4, -0.2) is 29.2 Å². The van der Waals surface area contributed by atoms with E-state index in [1.165, 1.54) is 0 Å². The average molecular weight is 195 g/mol. The van der Waals surface area contributed by atoms with E-state index in [9.17, 15) is 0 Å². The van der Waals surface area contributed by atoms with Crippen LogP contribution in [0.3, 0.4) is 0 Å². The molecule has 1 heterocycles. The van der Waals surface area contributed by atoms with Crippen LogP contribution >= 0.6 is 0 Å². The van der Waals surface area contributed by atoms with Crippen molar-refractivity contribution in [2.24, 2.45) is 0 Å².